The number of carbonyl (C=O) groups excluding carboxylic acids is 1. The SMILES string of the molecule is NCC[C@H](O)C(=O)N[C@@H]1C[C@H](N)[C@H](O[C@H]2O[C@@H](CN)[C@@H](O)[C@H](O)[C@H]2O)[C@H](O)[C@@H]1O[C@H]1O[C@@H](CO)[C@@H](O)[C@H](N)[C@H]1O.O=S(=O)(O)O.O=S(=O)(O)O. The second-order valence-corrected chi connectivity index (χ2v) is 13.0. The van der Waals surface area contributed by atoms with Gasteiger partial charge in [0.25, 0.3) is 0 Å². The summed E-state index contributed by atoms with van der Waals surface area (Å²) in [6.45, 7) is -0.898. The van der Waals surface area contributed by atoms with Gasteiger partial charge in [0.05, 0.1) is 18.7 Å². The normalized spacial score (nSPS) is 40.0. The molecule has 21 N–H and O–H groups in total. The van der Waals surface area contributed by atoms with Gasteiger partial charge in [-0.25, -0.2) is 0 Å². The van der Waals surface area contributed by atoms with E-state index in [4.69, 9.17) is 76.9 Å². The Morgan fingerprint density at radius 2 is 1.24 bits per heavy atom. The standard InChI is InChI=1S/C22H43N5O13.2H2O4S/c23-2-1-8(29)20(36)27-7-3-6(25)18(39-22-16(34)15(33)13(31)9(4-24)37-22)17(35)19(7)40-21-14(32)11(26)12(30)10(5-28)38-21;2*1-5(2,3)4/h6-19,21-22,28-35H,1-5,23-26H2,(H,27,36);2*(H2,1,2,3,4)/t6-,7+,8-,9-,10-,11-,12+,13+,14+,15-,16+,17-,18-,19+,21+,22+;;/m0../s1. The summed E-state index contributed by atoms with van der Waals surface area (Å²) in [5, 5.41) is 84.9. The van der Waals surface area contributed by atoms with E-state index < -0.39 is 131 Å². The first-order valence-electron chi connectivity index (χ1n) is 14.5. The molecule has 0 aromatic heterocycles. The van der Waals surface area contributed by atoms with Gasteiger partial charge in [-0.2, -0.15) is 16.8 Å². The summed E-state index contributed by atoms with van der Waals surface area (Å²) in [6.07, 6.45) is -19.8. The minimum absolute atomic E-state index is 0.0101. The molecule has 0 spiro atoms. The highest BCUT2D eigenvalue weighted by molar-refractivity contribution is 7.80. The molecule has 1 amide bonds. The van der Waals surface area contributed by atoms with Crippen LogP contribution in [0.4, 0.5) is 0 Å². The molecule has 3 fully saturated rings. The molecule has 50 heavy (non-hydrogen) atoms. The maximum absolute atomic E-state index is 12.6. The van der Waals surface area contributed by atoms with E-state index in [9.17, 15) is 45.6 Å². The van der Waals surface area contributed by atoms with Crippen molar-refractivity contribution in [1.29, 1.82) is 0 Å². The third-order valence-electron chi connectivity index (χ3n) is 7.51. The zero-order valence-electron chi connectivity index (χ0n) is 25.9. The first-order valence-corrected chi connectivity index (χ1v) is 17.3. The van der Waals surface area contributed by atoms with Crippen LogP contribution in [0.15, 0.2) is 0 Å². The molecule has 28 heteroatoms. The zero-order valence-corrected chi connectivity index (χ0v) is 27.6. The van der Waals surface area contributed by atoms with Crippen LogP contribution in [-0.4, -0.2) is 199 Å². The molecule has 0 aromatic rings. The van der Waals surface area contributed by atoms with Gasteiger partial charge in [-0.05, 0) is 19.4 Å². The number of rotatable bonds is 10. The molecule has 16 atom stereocenters. The van der Waals surface area contributed by atoms with Crippen LogP contribution in [0.25, 0.3) is 0 Å². The molecule has 3 aliphatic rings. The molecule has 0 unspecified atom stereocenters. The number of ether oxygens (including phenoxy) is 4. The number of amides is 1. The van der Waals surface area contributed by atoms with E-state index >= 15 is 0 Å². The Balaban J connectivity index is 0.00000109. The van der Waals surface area contributed by atoms with Crippen molar-refractivity contribution in [2.75, 3.05) is 19.7 Å². The van der Waals surface area contributed by atoms with Crippen molar-refractivity contribution in [1.82, 2.24) is 5.32 Å². The van der Waals surface area contributed by atoms with Crippen LogP contribution in [0.2, 0.25) is 0 Å². The fourth-order valence-electron chi connectivity index (χ4n) is 5.07. The molecular formula is C22H47N5O21S2. The van der Waals surface area contributed by atoms with Gasteiger partial charge in [0.2, 0.25) is 5.91 Å². The molecule has 298 valence electrons. The number of aliphatic hydroxyl groups is 8. The van der Waals surface area contributed by atoms with E-state index in [1.807, 2.05) is 0 Å². The minimum Gasteiger partial charge on any atom is -0.394 e. The molecule has 2 aliphatic heterocycles. The first kappa shape index (κ1) is 46.6. The Kier molecular flexibility index (Phi) is 18.8. The summed E-state index contributed by atoms with van der Waals surface area (Å²) in [6, 6.07) is -3.45. The molecule has 2 heterocycles. The van der Waals surface area contributed by atoms with Gasteiger partial charge < -0.3 is 88.1 Å². The van der Waals surface area contributed by atoms with Crippen molar-refractivity contribution in [3.05, 3.63) is 0 Å². The lowest BCUT2D eigenvalue weighted by atomic mass is 9.83. The minimum atomic E-state index is -4.67. The maximum Gasteiger partial charge on any atom is 0.394 e. The third kappa shape index (κ3) is 14.5. The highest BCUT2D eigenvalue weighted by atomic mass is 32.3. The fraction of sp³-hybridized carbons (Fsp3) is 0.955. The van der Waals surface area contributed by atoms with E-state index in [2.05, 4.69) is 5.32 Å². The Labute approximate surface area is 285 Å². The first-order chi connectivity index (χ1) is 22.9. The van der Waals surface area contributed by atoms with Crippen LogP contribution in [0.5, 0.6) is 0 Å². The van der Waals surface area contributed by atoms with Gasteiger partial charge in [-0.15, -0.1) is 0 Å². The molecular weight excluding hydrogens is 734 g/mol. The number of aliphatic hydroxyl groups excluding tert-OH is 8. The molecule has 1 aliphatic carbocycles. The molecule has 26 nitrogen and oxygen atoms in total. The zero-order chi connectivity index (χ0) is 38.9. The Morgan fingerprint density at radius 3 is 1.72 bits per heavy atom. The van der Waals surface area contributed by atoms with Crippen molar-refractivity contribution >= 4 is 26.7 Å². The van der Waals surface area contributed by atoms with Crippen LogP contribution in [0.3, 0.4) is 0 Å². The monoisotopic (exact) mass is 781 g/mol. The lowest BCUT2D eigenvalue weighted by Crippen LogP contribution is -2.69. The van der Waals surface area contributed by atoms with Crippen molar-refractivity contribution in [2.24, 2.45) is 22.9 Å². The van der Waals surface area contributed by atoms with E-state index in [0.717, 1.165) is 0 Å². The van der Waals surface area contributed by atoms with Crippen LogP contribution in [0, 0.1) is 0 Å². The average Bonchev–Trinajstić information content (AvgIpc) is 2.99. The van der Waals surface area contributed by atoms with Gasteiger partial charge in [-0.3, -0.25) is 23.0 Å². The quantitative estimate of drug-likeness (QED) is 0.0915. The van der Waals surface area contributed by atoms with Crippen molar-refractivity contribution in [3.8, 4) is 0 Å². The Hall–Kier alpha value is -1.43. The topological polar surface area (TPSA) is 481 Å². The predicted molar refractivity (Wildman–Crippen MR) is 160 cm³/mol. The highest BCUT2D eigenvalue weighted by Crippen LogP contribution is 2.32. The van der Waals surface area contributed by atoms with Crippen LogP contribution >= 0.6 is 0 Å². The number of nitrogens with two attached hydrogens (primary N) is 4. The Morgan fingerprint density at radius 1 is 0.760 bits per heavy atom. The number of hydrogen-bond acceptors (Lipinski definition) is 21. The predicted octanol–water partition coefficient (Wildman–Crippen LogP) is -9.73. The van der Waals surface area contributed by atoms with Gasteiger partial charge in [0.1, 0.15) is 67.1 Å². The fourth-order valence-corrected chi connectivity index (χ4v) is 5.07. The molecule has 3 rings (SSSR count). The maximum atomic E-state index is 12.6. The van der Waals surface area contributed by atoms with E-state index in [1.165, 1.54) is 0 Å². The van der Waals surface area contributed by atoms with Gasteiger partial charge in [0.15, 0.2) is 12.6 Å². The van der Waals surface area contributed by atoms with E-state index in [-0.39, 0.29) is 25.9 Å². The lowest BCUT2D eigenvalue weighted by Gasteiger charge is -2.49. The van der Waals surface area contributed by atoms with Gasteiger partial charge in [-0.1, -0.05) is 0 Å². The molecule has 0 aromatic carbocycles. The summed E-state index contributed by atoms with van der Waals surface area (Å²) in [7, 11) is -9.33. The average molecular weight is 782 g/mol. The summed E-state index contributed by atoms with van der Waals surface area (Å²) in [4.78, 5) is 12.6. The molecule has 0 radical (unpaired) electrons. The molecule has 1 saturated carbocycles. The summed E-state index contributed by atoms with van der Waals surface area (Å²) < 4.78 is 85.7. The number of nitrogens with one attached hydrogen (secondary N) is 1. The largest absolute Gasteiger partial charge is 0.394 e. The number of hydrogen-bond donors (Lipinski definition) is 17. The second-order valence-electron chi connectivity index (χ2n) is 11.2. The number of carbonyl (C=O) groups is 1. The van der Waals surface area contributed by atoms with Gasteiger partial charge >= 0.3 is 20.8 Å². The molecule has 0 bridgehead atoms. The smallest absolute Gasteiger partial charge is 0.394 e. The van der Waals surface area contributed by atoms with Crippen molar-refractivity contribution in [3.63, 3.8) is 0 Å². The highest BCUT2D eigenvalue weighted by Gasteiger charge is 2.52. The lowest BCUT2D eigenvalue weighted by molar-refractivity contribution is -0.332. The Bertz CT molecular complexity index is 1200. The summed E-state index contributed by atoms with van der Waals surface area (Å²) in [5.74, 6) is -0.845. The molecule has 2 saturated heterocycles. The van der Waals surface area contributed by atoms with Crippen LogP contribution in [-0.2, 0) is 44.5 Å². The van der Waals surface area contributed by atoms with E-state index in [0.29, 0.717) is 0 Å². The van der Waals surface area contributed by atoms with Gasteiger partial charge in [0, 0.05) is 12.6 Å². The van der Waals surface area contributed by atoms with Crippen molar-refractivity contribution < 1.29 is 99.6 Å². The van der Waals surface area contributed by atoms with E-state index in [1.54, 1.807) is 0 Å². The van der Waals surface area contributed by atoms with Crippen LogP contribution in [0.1, 0.15) is 12.8 Å². The van der Waals surface area contributed by atoms with Crippen LogP contribution < -0.4 is 28.3 Å². The van der Waals surface area contributed by atoms with Crippen molar-refractivity contribution in [2.45, 2.75) is 111 Å². The second kappa shape index (κ2) is 20.1. The summed E-state index contributed by atoms with van der Waals surface area (Å²) in [5.41, 5.74) is 23.1. The third-order valence-corrected chi connectivity index (χ3v) is 7.51. The summed E-state index contributed by atoms with van der Waals surface area (Å²) >= 11 is 0.